The van der Waals surface area contributed by atoms with E-state index >= 15 is 0 Å². The molecule has 0 spiro atoms. The summed E-state index contributed by atoms with van der Waals surface area (Å²) >= 11 is 0. The minimum absolute atomic E-state index is 1.25. The second kappa shape index (κ2) is 7.92. The molecular weight excluding hydrogens is 316 g/mol. The number of hydrogen-bond donors (Lipinski definition) is 0. The Bertz CT molecular complexity index is 983. The normalized spacial score (nSPS) is 15.2. The Hall–Kier alpha value is -3.00. The monoisotopic (exact) mass is 338 g/mol. The highest BCUT2D eigenvalue weighted by molar-refractivity contribution is 6.16. The zero-order chi connectivity index (χ0) is 17.6. The molecular formula is C24H22N2. The number of benzene rings is 3. The summed E-state index contributed by atoms with van der Waals surface area (Å²) in [5.74, 6) is 0. The van der Waals surface area contributed by atoms with Gasteiger partial charge in [-0.25, -0.2) is 0 Å². The van der Waals surface area contributed by atoms with Crippen molar-refractivity contribution < 1.29 is 0 Å². The van der Waals surface area contributed by atoms with Gasteiger partial charge in [0.1, 0.15) is 0 Å². The van der Waals surface area contributed by atoms with Crippen LogP contribution in [0.4, 0.5) is 0 Å². The molecule has 2 aliphatic rings. The van der Waals surface area contributed by atoms with Gasteiger partial charge in [0.05, 0.1) is 0 Å². The van der Waals surface area contributed by atoms with Crippen LogP contribution in [0.5, 0.6) is 0 Å². The van der Waals surface area contributed by atoms with Crippen molar-refractivity contribution >= 4 is 34.0 Å². The molecule has 0 aromatic heterocycles. The van der Waals surface area contributed by atoms with Gasteiger partial charge < -0.3 is 0 Å². The molecule has 2 heteroatoms. The van der Waals surface area contributed by atoms with Gasteiger partial charge in [0.2, 0.25) is 0 Å². The molecule has 0 saturated heterocycles. The molecule has 3 aromatic carbocycles. The van der Waals surface area contributed by atoms with Gasteiger partial charge in [-0.05, 0) is 70.5 Å². The Morgan fingerprint density at radius 1 is 0.615 bits per heavy atom. The molecule has 0 amide bonds. The highest BCUT2D eigenvalue weighted by Gasteiger charge is 2.13. The molecule has 0 unspecified atom stereocenters. The maximum absolute atomic E-state index is 3.82. The van der Waals surface area contributed by atoms with Gasteiger partial charge in [0, 0.05) is 24.8 Å². The second-order valence-electron chi connectivity index (χ2n) is 6.57. The molecule has 0 fully saturated rings. The maximum atomic E-state index is 3.82. The van der Waals surface area contributed by atoms with E-state index in [0.717, 1.165) is 0 Å². The van der Waals surface area contributed by atoms with Crippen LogP contribution in [0.3, 0.4) is 0 Å². The Balaban J connectivity index is 0.000000178. The van der Waals surface area contributed by atoms with Crippen molar-refractivity contribution in [2.45, 2.75) is 25.7 Å². The lowest BCUT2D eigenvalue weighted by atomic mass is 9.86. The molecule has 0 N–H and O–H groups in total. The summed E-state index contributed by atoms with van der Waals surface area (Å²) in [6.45, 7) is 0. The average molecular weight is 338 g/mol. The smallest absolute Gasteiger partial charge is 0.0450 e. The molecule has 0 radical (unpaired) electrons. The molecule has 128 valence electrons. The van der Waals surface area contributed by atoms with Crippen LogP contribution in [-0.4, -0.2) is 12.4 Å². The van der Waals surface area contributed by atoms with Gasteiger partial charge in [-0.3, -0.25) is 9.98 Å². The molecule has 1 heterocycles. The molecule has 2 nitrogen and oxygen atoms in total. The van der Waals surface area contributed by atoms with E-state index in [1.54, 1.807) is 36.0 Å². The third-order valence-electron chi connectivity index (χ3n) is 4.95. The Morgan fingerprint density at radius 2 is 1.35 bits per heavy atom. The molecule has 0 saturated carbocycles. The first-order valence-electron chi connectivity index (χ1n) is 9.22. The fraction of sp³-hybridized carbons (Fsp3) is 0.167. The highest BCUT2D eigenvalue weighted by Crippen LogP contribution is 2.33. The predicted molar refractivity (Wildman–Crippen MR) is 113 cm³/mol. The van der Waals surface area contributed by atoms with Crippen LogP contribution in [0.1, 0.15) is 24.0 Å². The van der Waals surface area contributed by atoms with Crippen LogP contribution in [0, 0.1) is 0 Å². The number of hydrogen-bond acceptors (Lipinski definition) is 2. The van der Waals surface area contributed by atoms with E-state index in [-0.39, 0.29) is 0 Å². The first-order chi connectivity index (χ1) is 12.9. The van der Waals surface area contributed by atoms with Gasteiger partial charge in [0.15, 0.2) is 0 Å². The summed E-state index contributed by atoms with van der Waals surface area (Å²) in [6, 6.07) is 18.0. The van der Waals surface area contributed by atoms with E-state index in [0.29, 0.717) is 0 Å². The van der Waals surface area contributed by atoms with Crippen LogP contribution in [0.2, 0.25) is 0 Å². The molecule has 3 aromatic rings. The summed E-state index contributed by atoms with van der Waals surface area (Å²) in [5, 5.41) is 5.64. The molecule has 5 rings (SSSR count). The van der Waals surface area contributed by atoms with Crippen LogP contribution < -0.4 is 0 Å². The first-order valence-corrected chi connectivity index (χ1v) is 9.22. The Labute approximate surface area is 154 Å². The summed E-state index contributed by atoms with van der Waals surface area (Å²) in [5.41, 5.74) is 3.17. The lowest BCUT2D eigenvalue weighted by Crippen LogP contribution is -2.02. The van der Waals surface area contributed by atoms with Crippen LogP contribution >= 0.6 is 0 Å². The minimum Gasteiger partial charge on any atom is -0.263 e. The number of aliphatic imine (C=N–C) groups is 2. The van der Waals surface area contributed by atoms with Gasteiger partial charge in [0.25, 0.3) is 0 Å². The van der Waals surface area contributed by atoms with Crippen molar-refractivity contribution in [3.8, 4) is 0 Å². The van der Waals surface area contributed by atoms with E-state index in [9.17, 15) is 0 Å². The van der Waals surface area contributed by atoms with Gasteiger partial charge in [-0.15, -0.1) is 0 Å². The van der Waals surface area contributed by atoms with Gasteiger partial charge in [-0.2, -0.15) is 0 Å². The summed E-state index contributed by atoms with van der Waals surface area (Å²) in [4.78, 5) is 7.65. The summed E-state index contributed by atoms with van der Waals surface area (Å²) in [6.07, 6.45) is 15.6. The maximum Gasteiger partial charge on any atom is 0.0450 e. The summed E-state index contributed by atoms with van der Waals surface area (Å²) in [7, 11) is 0. The standard InChI is InChI=1S/C18H16.C6H6N2/c1-3-7-15-13(5-1)9-11-18-16-8-4-2-6-14(16)10-12-17(15)18;1-2-4-8-6-5-7-3-1/h1,3,5,7,9-12H,2,4,6,8H2;1-6H. The summed E-state index contributed by atoms with van der Waals surface area (Å²) < 4.78 is 0. The van der Waals surface area contributed by atoms with Gasteiger partial charge in [-0.1, -0.05) is 48.5 Å². The average Bonchev–Trinajstić information content (AvgIpc) is 2.67. The van der Waals surface area contributed by atoms with Crippen LogP contribution in [-0.2, 0) is 12.8 Å². The largest absolute Gasteiger partial charge is 0.263 e. The third-order valence-corrected chi connectivity index (χ3v) is 4.95. The zero-order valence-corrected chi connectivity index (χ0v) is 14.8. The Kier molecular flexibility index (Phi) is 5.02. The third kappa shape index (κ3) is 3.50. The van der Waals surface area contributed by atoms with Crippen LogP contribution in [0.15, 0.2) is 83.1 Å². The van der Waals surface area contributed by atoms with Crippen LogP contribution in [0.25, 0.3) is 21.5 Å². The molecule has 0 bridgehead atoms. The van der Waals surface area contributed by atoms with Crippen molar-refractivity contribution in [3.63, 3.8) is 0 Å². The Morgan fingerprint density at radius 3 is 2.19 bits per heavy atom. The van der Waals surface area contributed by atoms with Crippen molar-refractivity contribution in [2.75, 3.05) is 0 Å². The first kappa shape index (κ1) is 16.5. The molecule has 26 heavy (non-hydrogen) atoms. The van der Waals surface area contributed by atoms with E-state index in [1.165, 1.54) is 47.2 Å². The molecule has 0 atom stereocenters. The molecule has 1 aliphatic heterocycles. The van der Waals surface area contributed by atoms with E-state index in [1.807, 2.05) is 12.2 Å². The zero-order valence-electron chi connectivity index (χ0n) is 14.8. The lowest BCUT2D eigenvalue weighted by Gasteiger charge is -2.18. The van der Waals surface area contributed by atoms with Crippen molar-refractivity contribution in [3.05, 3.63) is 84.2 Å². The number of fused-ring (bicyclic) bond motifs is 5. The number of nitrogens with zero attached hydrogens (tertiary/aromatic N) is 2. The quantitative estimate of drug-likeness (QED) is 0.446. The topological polar surface area (TPSA) is 24.7 Å². The van der Waals surface area contributed by atoms with E-state index in [4.69, 9.17) is 0 Å². The van der Waals surface area contributed by atoms with Gasteiger partial charge >= 0.3 is 0 Å². The fourth-order valence-corrected chi connectivity index (χ4v) is 3.72. The van der Waals surface area contributed by atoms with Crippen molar-refractivity contribution in [2.24, 2.45) is 9.98 Å². The fourth-order valence-electron chi connectivity index (χ4n) is 3.72. The predicted octanol–water partition coefficient (Wildman–Crippen LogP) is 6.04. The van der Waals surface area contributed by atoms with Crippen molar-refractivity contribution in [1.82, 2.24) is 0 Å². The highest BCUT2D eigenvalue weighted by atomic mass is 14.7. The number of allylic oxidation sites excluding steroid dienone is 2. The SMILES string of the molecule is C1=CN=CC=NC=C1.c1ccc2c(c1)ccc1c3c(ccc12)CCCC3. The van der Waals surface area contributed by atoms with E-state index < -0.39 is 0 Å². The lowest BCUT2D eigenvalue weighted by molar-refractivity contribution is 0.690. The van der Waals surface area contributed by atoms with E-state index in [2.05, 4.69) is 58.5 Å². The number of aryl methyl sites for hydroxylation is 2. The number of rotatable bonds is 0. The van der Waals surface area contributed by atoms with Crippen molar-refractivity contribution in [1.29, 1.82) is 0 Å². The second-order valence-corrected chi connectivity index (χ2v) is 6.57. The molecule has 1 aliphatic carbocycles. The minimum atomic E-state index is 1.25.